The van der Waals surface area contributed by atoms with Crippen molar-refractivity contribution in [1.29, 1.82) is 0 Å². The highest BCUT2D eigenvalue weighted by Crippen LogP contribution is 2.19. The lowest BCUT2D eigenvalue weighted by molar-refractivity contribution is 0.473. The molecule has 2 aromatic heterocycles. The Hall–Kier alpha value is -1.89. The van der Waals surface area contributed by atoms with E-state index in [1.54, 1.807) is 11.3 Å². The Labute approximate surface area is 155 Å². The van der Waals surface area contributed by atoms with Gasteiger partial charge in [-0.15, -0.1) is 11.3 Å². The minimum atomic E-state index is 0.409. The van der Waals surface area contributed by atoms with E-state index in [1.807, 2.05) is 17.9 Å². The fraction of sp³-hybridized carbons (Fsp3) is 0.611. The van der Waals surface area contributed by atoms with Crippen LogP contribution in [0.1, 0.15) is 54.8 Å². The first-order valence-corrected chi connectivity index (χ1v) is 9.71. The number of hydrogen-bond acceptors (Lipinski definition) is 4. The highest BCUT2D eigenvalue weighted by atomic mass is 32.1. The average molecular weight is 363 g/mol. The summed E-state index contributed by atoms with van der Waals surface area (Å²) in [6.07, 6.45) is 5.08. The van der Waals surface area contributed by atoms with Gasteiger partial charge in [0.1, 0.15) is 5.01 Å². The lowest BCUT2D eigenvalue weighted by Crippen LogP contribution is -2.38. The van der Waals surface area contributed by atoms with Crippen LogP contribution in [0.3, 0.4) is 0 Å². The number of nitrogens with zero attached hydrogens (tertiary/aromatic N) is 5. The molecule has 0 aromatic carbocycles. The molecule has 0 spiro atoms. The molecular formula is C18H30N6S. The van der Waals surface area contributed by atoms with Crippen molar-refractivity contribution in [2.45, 2.75) is 53.1 Å². The molecule has 0 aliphatic carbocycles. The Kier molecular flexibility index (Phi) is 6.99. The molecule has 0 unspecified atom stereocenters. The van der Waals surface area contributed by atoms with Crippen LogP contribution in [0.4, 0.5) is 0 Å². The van der Waals surface area contributed by atoms with Crippen molar-refractivity contribution in [1.82, 2.24) is 25.0 Å². The van der Waals surface area contributed by atoms with Crippen LogP contribution < -0.4 is 5.32 Å². The summed E-state index contributed by atoms with van der Waals surface area (Å²) in [6.45, 7) is 10.8. The van der Waals surface area contributed by atoms with Crippen LogP contribution in [0.2, 0.25) is 0 Å². The molecule has 0 aliphatic rings. The van der Waals surface area contributed by atoms with Gasteiger partial charge in [-0.2, -0.15) is 5.10 Å². The van der Waals surface area contributed by atoms with Crippen molar-refractivity contribution in [2.75, 3.05) is 13.6 Å². The van der Waals surface area contributed by atoms with E-state index in [1.165, 1.54) is 10.4 Å². The SMILES string of the molecule is CCNC(=NCc1ncc(CC)s1)N(C)Cc1cn(C)nc1C(C)C. The van der Waals surface area contributed by atoms with Gasteiger partial charge in [-0.1, -0.05) is 20.8 Å². The van der Waals surface area contributed by atoms with Crippen LogP contribution in [0.25, 0.3) is 0 Å². The van der Waals surface area contributed by atoms with E-state index < -0.39 is 0 Å². The largest absolute Gasteiger partial charge is 0.357 e. The lowest BCUT2D eigenvalue weighted by atomic mass is 10.1. The molecule has 0 fully saturated rings. The Morgan fingerprint density at radius 1 is 1.40 bits per heavy atom. The van der Waals surface area contributed by atoms with Gasteiger partial charge in [-0.25, -0.2) is 9.98 Å². The predicted molar refractivity (Wildman–Crippen MR) is 105 cm³/mol. The molecular weight excluding hydrogens is 332 g/mol. The molecule has 0 aliphatic heterocycles. The van der Waals surface area contributed by atoms with Crippen molar-refractivity contribution in [2.24, 2.45) is 12.0 Å². The zero-order valence-corrected chi connectivity index (χ0v) is 17.0. The second-order valence-electron chi connectivity index (χ2n) is 6.47. The topological polar surface area (TPSA) is 58.3 Å². The van der Waals surface area contributed by atoms with E-state index in [0.717, 1.165) is 36.2 Å². The van der Waals surface area contributed by atoms with Crippen molar-refractivity contribution in [3.8, 4) is 0 Å². The van der Waals surface area contributed by atoms with Crippen molar-refractivity contribution in [3.05, 3.63) is 33.5 Å². The molecule has 2 heterocycles. The maximum Gasteiger partial charge on any atom is 0.194 e. The van der Waals surface area contributed by atoms with E-state index >= 15 is 0 Å². The van der Waals surface area contributed by atoms with Gasteiger partial charge in [0, 0.05) is 50.0 Å². The standard InChI is InChI=1S/C18H30N6S/c1-7-15-9-20-16(25-15)10-21-18(19-8-2)23(5)11-14-12-24(6)22-17(14)13(3)4/h9,12-13H,7-8,10-11H2,1-6H3,(H,19,21). The third kappa shape index (κ3) is 5.29. The number of thiazole rings is 1. The van der Waals surface area contributed by atoms with E-state index in [9.17, 15) is 0 Å². The highest BCUT2D eigenvalue weighted by molar-refractivity contribution is 7.11. The summed E-state index contributed by atoms with van der Waals surface area (Å²) in [5.74, 6) is 1.31. The van der Waals surface area contributed by atoms with E-state index in [4.69, 9.17) is 4.99 Å². The van der Waals surface area contributed by atoms with Gasteiger partial charge in [-0.05, 0) is 19.3 Å². The lowest BCUT2D eigenvalue weighted by Gasteiger charge is -2.22. The summed E-state index contributed by atoms with van der Waals surface area (Å²) in [6, 6.07) is 0. The van der Waals surface area contributed by atoms with E-state index in [-0.39, 0.29) is 0 Å². The number of aromatic nitrogens is 3. The van der Waals surface area contributed by atoms with Gasteiger partial charge in [0.15, 0.2) is 5.96 Å². The molecule has 2 aromatic rings. The second-order valence-corrected chi connectivity index (χ2v) is 7.67. The Morgan fingerprint density at radius 3 is 2.76 bits per heavy atom. The summed E-state index contributed by atoms with van der Waals surface area (Å²) in [5, 5.41) is 9.03. The van der Waals surface area contributed by atoms with Gasteiger partial charge >= 0.3 is 0 Å². The normalized spacial score (nSPS) is 12.0. The number of nitrogens with one attached hydrogen (secondary N) is 1. The Bertz CT molecular complexity index is 700. The van der Waals surface area contributed by atoms with Gasteiger partial charge in [0.25, 0.3) is 0 Å². The zero-order chi connectivity index (χ0) is 18.4. The third-order valence-corrected chi connectivity index (χ3v) is 5.03. The minimum Gasteiger partial charge on any atom is -0.357 e. The predicted octanol–water partition coefficient (Wildman–Crippen LogP) is 3.16. The quantitative estimate of drug-likeness (QED) is 0.607. The van der Waals surface area contributed by atoms with Crippen molar-refractivity contribution in [3.63, 3.8) is 0 Å². The fourth-order valence-electron chi connectivity index (χ4n) is 2.69. The average Bonchev–Trinajstić information content (AvgIpc) is 3.17. The van der Waals surface area contributed by atoms with Gasteiger partial charge in [0.05, 0.1) is 12.2 Å². The second kappa shape index (κ2) is 8.99. The van der Waals surface area contributed by atoms with Crippen LogP contribution in [0.15, 0.2) is 17.4 Å². The first-order valence-electron chi connectivity index (χ1n) is 8.90. The molecule has 0 saturated heterocycles. The number of guanidine groups is 1. The molecule has 0 atom stereocenters. The molecule has 0 bridgehead atoms. The third-order valence-electron chi connectivity index (χ3n) is 3.90. The molecule has 0 amide bonds. The number of rotatable bonds is 7. The number of hydrogen-bond donors (Lipinski definition) is 1. The Morgan fingerprint density at radius 2 is 2.16 bits per heavy atom. The Balaban J connectivity index is 2.11. The molecule has 25 heavy (non-hydrogen) atoms. The smallest absolute Gasteiger partial charge is 0.194 e. The highest BCUT2D eigenvalue weighted by Gasteiger charge is 2.15. The van der Waals surface area contributed by atoms with Gasteiger partial charge < -0.3 is 10.2 Å². The molecule has 2 rings (SSSR count). The van der Waals surface area contributed by atoms with Crippen LogP contribution in [0, 0.1) is 0 Å². The minimum absolute atomic E-state index is 0.409. The number of aryl methyl sites for hydroxylation is 2. The van der Waals surface area contributed by atoms with Crippen LogP contribution in [0.5, 0.6) is 0 Å². The van der Waals surface area contributed by atoms with Crippen LogP contribution >= 0.6 is 11.3 Å². The first-order chi connectivity index (χ1) is 11.9. The number of aliphatic imine (C=N–C) groups is 1. The maximum atomic E-state index is 4.76. The van der Waals surface area contributed by atoms with Crippen molar-refractivity contribution >= 4 is 17.3 Å². The summed E-state index contributed by atoms with van der Waals surface area (Å²) in [5.41, 5.74) is 2.39. The maximum absolute atomic E-state index is 4.76. The van der Waals surface area contributed by atoms with Crippen LogP contribution in [-0.2, 0) is 26.6 Å². The van der Waals surface area contributed by atoms with Gasteiger partial charge in [0.2, 0.25) is 0 Å². The first kappa shape index (κ1) is 19.4. The summed E-state index contributed by atoms with van der Waals surface area (Å²) in [7, 11) is 4.04. The molecule has 0 saturated carbocycles. The van der Waals surface area contributed by atoms with E-state index in [2.05, 4.69) is 61.2 Å². The van der Waals surface area contributed by atoms with E-state index in [0.29, 0.717) is 12.5 Å². The monoisotopic (exact) mass is 362 g/mol. The summed E-state index contributed by atoms with van der Waals surface area (Å²) >= 11 is 1.74. The molecule has 138 valence electrons. The summed E-state index contributed by atoms with van der Waals surface area (Å²) < 4.78 is 1.89. The molecule has 1 N–H and O–H groups in total. The summed E-state index contributed by atoms with van der Waals surface area (Å²) in [4.78, 5) is 12.7. The zero-order valence-electron chi connectivity index (χ0n) is 16.2. The molecule has 7 heteroatoms. The van der Waals surface area contributed by atoms with Crippen molar-refractivity contribution < 1.29 is 0 Å². The molecule has 0 radical (unpaired) electrons. The van der Waals surface area contributed by atoms with Gasteiger partial charge in [-0.3, -0.25) is 4.68 Å². The fourth-order valence-corrected chi connectivity index (χ4v) is 3.48. The van der Waals surface area contributed by atoms with Crippen LogP contribution in [-0.4, -0.2) is 39.2 Å². The molecule has 6 nitrogen and oxygen atoms in total.